The van der Waals surface area contributed by atoms with Crippen LogP contribution in [0.3, 0.4) is 0 Å². The standard InChI is InChI=1S/C13H17N3O3/c14-8-10-7-11(16(18)19)4-5-13(10)15-6-2-1-3-12(15)9-17/h4-5,7,9,12H,1-3,6,8,14H2. The maximum absolute atomic E-state index is 11.1. The Labute approximate surface area is 111 Å². The van der Waals surface area contributed by atoms with Crippen molar-refractivity contribution in [3.8, 4) is 0 Å². The van der Waals surface area contributed by atoms with E-state index in [-0.39, 0.29) is 18.3 Å². The Bertz CT molecular complexity index is 490. The quantitative estimate of drug-likeness (QED) is 0.506. The summed E-state index contributed by atoms with van der Waals surface area (Å²) in [6.45, 7) is 1.01. The summed E-state index contributed by atoms with van der Waals surface area (Å²) in [6.07, 6.45) is 3.82. The number of nitro benzene ring substituents is 1. The fourth-order valence-corrected chi connectivity index (χ4v) is 2.53. The highest BCUT2D eigenvalue weighted by molar-refractivity contribution is 5.69. The maximum atomic E-state index is 11.1. The third-order valence-corrected chi connectivity index (χ3v) is 3.51. The molecule has 2 N–H and O–H groups in total. The Morgan fingerprint density at radius 2 is 2.26 bits per heavy atom. The molecule has 2 rings (SSSR count). The predicted molar refractivity (Wildman–Crippen MR) is 72.0 cm³/mol. The van der Waals surface area contributed by atoms with Crippen molar-refractivity contribution in [2.24, 2.45) is 5.73 Å². The zero-order valence-electron chi connectivity index (χ0n) is 10.6. The summed E-state index contributed by atoms with van der Waals surface area (Å²) in [5.41, 5.74) is 7.26. The zero-order chi connectivity index (χ0) is 13.8. The van der Waals surface area contributed by atoms with Gasteiger partial charge < -0.3 is 15.4 Å². The maximum Gasteiger partial charge on any atom is 0.269 e. The lowest BCUT2D eigenvalue weighted by molar-refractivity contribution is -0.384. The lowest BCUT2D eigenvalue weighted by Gasteiger charge is -2.35. The van der Waals surface area contributed by atoms with Gasteiger partial charge >= 0.3 is 0 Å². The van der Waals surface area contributed by atoms with Gasteiger partial charge in [-0.15, -0.1) is 0 Å². The van der Waals surface area contributed by atoms with E-state index in [1.807, 2.05) is 4.90 Å². The Hall–Kier alpha value is -1.95. The van der Waals surface area contributed by atoms with E-state index < -0.39 is 4.92 Å². The third-order valence-electron chi connectivity index (χ3n) is 3.51. The number of nitrogens with two attached hydrogens (primary N) is 1. The molecule has 1 heterocycles. The monoisotopic (exact) mass is 263 g/mol. The van der Waals surface area contributed by atoms with E-state index in [1.165, 1.54) is 12.1 Å². The first-order valence-electron chi connectivity index (χ1n) is 6.36. The SMILES string of the molecule is NCc1cc([N+](=O)[O-])ccc1N1CCCCC1C=O. The van der Waals surface area contributed by atoms with Crippen molar-refractivity contribution in [2.45, 2.75) is 31.8 Å². The first-order valence-corrected chi connectivity index (χ1v) is 6.36. The van der Waals surface area contributed by atoms with Gasteiger partial charge in [0.2, 0.25) is 0 Å². The summed E-state index contributed by atoms with van der Waals surface area (Å²) in [5, 5.41) is 10.8. The predicted octanol–water partition coefficient (Wildman–Crippen LogP) is 1.61. The van der Waals surface area contributed by atoms with E-state index in [9.17, 15) is 14.9 Å². The Balaban J connectivity index is 2.37. The van der Waals surface area contributed by atoms with Crippen molar-refractivity contribution >= 4 is 17.7 Å². The molecule has 1 aliphatic rings. The van der Waals surface area contributed by atoms with Gasteiger partial charge in [-0.05, 0) is 30.9 Å². The second-order valence-electron chi connectivity index (χ2n) is 4.67. The minimum atomic E-state index is -0.434. The summed E-state index contributed by atoms with van der Waals surface area (Å²) < 4.78 is 0. The van der Waals surface area contributed by atoms with E-state index in [2.05, 4.69) is 0 Å². The van der Waals surface area contributed by atoms with Crippen LogP contribution in [0.25, 0.3) is 0 Å². The second-order valence-corrected chi connectivity index (χ2v) is 4.67. The van der Waals surface area contributed by atoms with E-state index in [0.717, 1.165) is 37.8 Å². The molecule has 6 nitrogen and oxygen atoms in total. The van der Waals surface area contributed by atoms with Crippen LogP contribution < -0.4 is 10.6 Å². The number of anilines is 1. The molecule has 0 aliphatic carbocycles. The van der Waals surface area contributed by atoms with Crippen molar-refractivity contribution in [1.29, 1.82) is 0 Å². The van der Waals surface area contributed by atoms with Crippen LogP contribution in [-0.4, -0.2) is 23.8 Å². The highest BCUT2D eigenvalue weighted by atomic mass is 16.6. The lowest BCUT2D eigenvalue weighted by Crippen LogP contribution is -2.41. The van der Waals surface area contributed by atoms with Crippen LogP contribution in [0.5, 0.6) is 0 Å². The molecule has 0 spiro atoms. The van der Waals surface area contributed by atoms with Gasteiger partial charge in [0.05, 0.1) is 11.0 Å². The van der Waals surface area contributed by atoms with Crippen molar-refractivity contribution in [1.82, 2.24) is 0 Å². The van der Waals surface area contributed by atoms with Crippen LogP contribution >= 0.6 is 0 Å². The molecule has 0 bridgehead atoms. The molecular weight excluding hydrogens is 246 g/mol. The Morgan fingerprint density at radius 1 is 1.47 bits per heavy atom. The van der Waals surface area contributed by atoms with Gasteiger partial charge in [0, 0.05) is 30.9 Å². The molecule has 0 radical (unpaired) electrons. The van der Waals surface area contributed by atoms with E-state index in [0.29, 0.717) is 5.56 Å². The number of benzene rings is 1. The number of hydrogen-bond acceptors (Lipinski definition) is 5. The number of carbonyl (C=O) groups excluding carboxylic acids is 1. The van der Waals surface area contributed by atoms with Crippen molar-refractivity contribution in [3.05, 3.63) is 33.9 Å². The molecule has 1 aromatic carbocycles. The van der Waals surface area contributed by atoms with Crippen LogP contribution in [0.15, 0.2) is 18.2 Å². The number of nitro groups is 1. The van der Waals surface area contributed by atoms with E-state index >= 15 is 0 Å². The average Bonchev–Trinajstić information content (AvgIpc) is 2.46. The number of nitrogens with zero attached hydrogens (tertiary/aromatic N) is 2. The molecule has 0 aromatic heterocycles. The first kappa shape index (κ1) is 13.5. The molecule has 1 saturated heterocycles. The van der Waals surface area contributed by atoms with Crippen LogP contribution in [0.4, 0.5) is 11.4 Å². The summed E-state index contributed by atoms with van der Waals surface area (Å²) in [4.78, 5) is 23.5. The second kappa shape index (κ2) is 5.79. The molecule has 0 amide bonds. The fraction of sp³-hybridized carbons (Fsp3) is 0.462. The van der Waals surface area contributed by atoms with Gasteiger partial charge in [-0.1, -0.05) is 0 Å². The number of piperidine rings is 1. The van der Waals surface area contributed by atoms with Gasteiger partial charge in [0.25, 0.3) is 5.69 Å². The van der Waals surface area contributed by atoms with Crippen molar-refractivity contribution in [3.63, 3.8) is 0 Å². The number of aldehydes is 1. The first-order chi connectivity index (χ1) is 9.17. The minimum Gasteiger partial charge on any atom is -0.362 e. The lowest BCUT2D eigenvalue weighted by atomic mass is 10.0. The molecule has 1 fully saturated rings. The Kier molecular flexibility index (Phi) is 4.11. The molecule has 1 atom stereocenters. The summed E-state index contributed by atoms with van der Waals surface area (Å²) >= 11 is 0. The summed E-state index contributed by atoms with van der Waals surface area (Å²) in [7, 11) is 0. The summed E-state index contributed by atoms with van der Waals surface area (Å²) in [5.74, 6) is 0. The summed E-state index contributed by atoms with van der Waals surface area (Å²) in [6, 6.07) is 4.50. The highest BCUT2D eigenvalue weighted by Crippen LogP contribution is 2.29. The molecule has 1 aliphatic heterocycles. The van der Waals surface area contributed by atoms with Crippen LogP contribution in [0.1, 0.15) is 24.8 Å². The van der Waals surface area contributed by atoms with Gasteiger partial charge in [0.1, 0.15) is 6.29 Å². The van der Waals surface area contributed by atoms with Crippen LogP contribution in [0, 0.1) is 10.1 Å². The average molecular weight is 263 g/mol. The van der Waals surface area contributed by atoms with E-state index in [1.54, 1.807) is 6.07 Å². The van der Waals surface area contributed by atoms with Crippen LogP contribution in [0.2, 0.25) is 0 Å². The highest BCUT2D eigenvalue weighted by Gasteiger charge is 2.24. The molecule has 1 aromatic rings. The Morgan fingerprint density at radius 3 is 2.89 bits per heavy atom. The van der Waals surface area contributed by atoms with Crippen LogP contribution in [-0.2, 0) is 11.3 Å². The van der Waals surface area contributed by atoms with E-state index in [4.69, 9.17) is 5.73 Å². The normalized spacial score (nSPS) is 19.2. The van der Waals surface area contributed by atoms with Gasteiger partial charge in [-0.2, -0.15) is 0 Å². The number of rotatable bonds is 4. The fourth-order valence-electron chi connectivity index (χ4n) is 2.53. The van der Waals surface area contributed by atoms with Crippen molar-refractivity contribution < 1.29 is 9.72 Å². The van der Waals surface area contributed by atoms with Gasteiger partial charge in [-0.3, -0.25) is 10.1 Å². The van der Waals surface area contributed by atoms with Crippen molar-refractivity contribution in [2.75, 3.05) is 11.4 Å². The molecular formula is C13H17N3O3. The molecule has 19 heavy (non-hydrogen) atoms. The molecule has 6 heteroatoms. The molecule has 102 valence electrons. The number of hydrogen-bond donors (Lipinski definition) is 1. The molecule has 0 saturated carbocycles. The zero-order valence-corrected chi connectivity index (χ0v) is 10.6. The van der Waals surface area contributed by atoms with Gasteiger partial charge in [-0.25, -0.2) is 0 Å². The number of non-ortho nitro benzene ring substituents is 1. The topological polar surface area (TPSA) is 89.5 Å². The molecule has 1 unspecified atom stereocenters. The number of carbonyl (C=O) groups is 1. The largest absolute Gasteiger partial charge is 0.362 e. The van der Waals surface area contributed by atoms with Gasteiger partial charge in [0.15, 0.2) is 0 Å². The smallest absolute Gasteiger partial charge is 0.269 e. The third kappa shape index (κ3) is 2.73. The minimum absolute atomic E-state index is 0.0314.